The second kappa shape index (κ2) is 8.75. The molecule has 0 radical (unpaired) electrons. The van der Waals surface area contributed by atoms with Crippen LogP contribution in [0.2, 0.25) is 0 Å². The highest BCUT2D eigenvalue weighted by molar-refractivity contribution is 8.00. The summed E-state index contributed by atoms with van der Waals surface area (Å²) >= 11 is 1.13. The van der Waals surface area contributed by atoms with E-state index in [4.69, 9.17) is 9.47 Å². The summed E-state index contributed by atoms with van der Waals surface area (Å²) in [4.78, 5) is 15.7. The second-order valence-electron chi connectivity index (χ2n) is 5.75. The lowest BCUT2D eigenvalue weighted by molar-refractivity contribution is -0.136. The van der Waals surface area contributed by atoms with Crippen LogP contribution in [-0.2, 0) is 4.79 Å². The third-order valence-corrected chi connectivity index (χ3v) is 5.37. The summed E-state index contributed by atoms with van der Waals surface area (Å²) < 4.78 is 12.8. The fourth-order valence-corrected chi connectivity index (χ4v) is 3.61. The number of pyridine rings is 1. The molecule has 0 saturated heterocycles. The lowest BCUT2D eigenvalue weighted by Crippen LogP contribution is -2.16. The summed E-state index contributed by atoms with van der Waals surface area (Å²) in [6.07, 6.45) is 3.78. The van der Waals surface area contributed by atoms with E-state index in [0.29, 0.717) is 34.6 Å². The highest BCUT2D eigenvalue weighted by Crippen LogP contribution is 2.39. The highest BCUT2D eigenvalue weighted by Gasteiger charge is 2.26. The van der Waals surface area contributed by atoms with Gasteiger partial charge in [-0.3, -0.25) is 14.3 Å². The molecule has 2 aromatic heterocycles. The maximum Gasteiger partial charge on any atom is 0.317 e. The zero-order valence-corrected chi connectivity index (χ0v) is 16.5. The van der Waals surface area contributed by atoms with Gasteiger partial charge in [-0.2, -0.15) is 0 Å². The number of aliphatic carboxylic acids is 1. The molecule has 0 bridgehead atoms. The quantitative estimate of drug-likeness (QED) is 0.575. The molecule has 1 N–H and O–H groups in total. The molecule has 9 heteroatoms. The highest BCUT2D eigenvalue weighted by atomic mass is 32.2. The summed E-state index contributed by atoms with van der Waals surface area (Å²) in [6.45, 7) is 1.82. The summed E-state index contributed by atoms with van der Waals surface area (Å²) in [6, 6.07) is 9.07. The Balaban J connectivity index is 2.26. The van der Waals surface area contributed by atoms with Gasteiger partial charge in [0.2, 0.25) is 0 Å². The van der Waals surface area contributed by atoms with Crippen molar-refractivity contribution < 1.29 is 19.4 Å². The number of carbonyl (C=O) groups is 1. The molecular formula is C19H20N4O4S. The molecule has 3 aromatic rings. The Labute approximate surface area is 166 Å². The van der Waals surface area contributed by atoms with Crippen molar-refractivity contribution in [3.05, 3.63) is 42.7 Å². The van der Waals surface area contributed by atoms with E-state index in [0.717, 1.165) is 17.3 Å². The Morgan fingerprint density at radius 2 is 1.89 bits per heavy atom. The van der Waals surface area contributed by atoms with Crippen molar-refractivity contribution in [3.63, 3.8) is 0 Å². The molecule has 0 aliphatic rings. The molecule has 0 spiro atoms. The van der Waals surface area contributed by atoms with E-state index in [2.05, 4.69) is 15.2 Å². The van der Waals surface area contributed by atoms with E-state index in [1.165, 1.54) is 0 Å². The SMILES string of the molecule is CCC(Sc1nnc(-c2cccnc2)n1-c1c(OC)cccc1OC)C(=O)O. The minimum atomic E-state index is -0.906. The van der Waals surface area contributed by atoms with Crippen LogP contribution in [0.15, 0.2) is 47.9 Å². The van der Waals surface area contributed by atoms with Gasteiger partial charge in [-0.25, -0.2) is 0 Å². The van der Waals surface area contributed by atoms with Crippen molar-refractivity contribution in [2.24, 2.45) is 0 Å². The van der Waals surface area contributed by atoms with E-state index >= 15 is 0 Å². The lowest BCUT2D eigenvalue weighted by atomic mass is 10.2. The Bertz CT molecular complexity index is 940. The molecule has 1 unspecified atom stereocenters. The maximum atomic E-state index is 11.6. The zero-order chi connectivity index (χ0) is 20.1. The average Bonchev–Trinajstić information content (AvgIpc) is 3.14. The topological polar surface area (TPSA) is 99.4 Å². The number of hydrogen-bond acceptors (Lipinski definition) is 7. The van der Waals surface area contributed by atoms with Crippen LogP contribution in [0.5, 0.6) is 11.5 Å². The van der Waals surface area contributed by atoms with Gasteiger partial charge >= 0.3 is 5.97 Å². The first kappa shape index (κ1) is 19.7. The van der Waals surface area contributed by atoms with Gasteiger partial charge in [0.25, 0.3) is 0 Å². The van der Waals surface area contributed by atoms with E-state index in [9.17, 15) is 9.90 Å². The number of thioether (sulfide) groups is 1. The number of nitrogens with zero attached hydrogens (tertiary/aromatic N) is 4. The van der Waals surface area contributed by atoms with E-state index in [1.807, 2.05) is 19.1 Å². The normalized spacial score (nSPS) is 11.8. The van der Waals surface area contributed by atoms with Gasteiger partial charge in [0.1, 0.15) is 22.4 Å². The molecule has 3 rings (SSSR count). The third-order valence-electron chi connectivity index (χ3n) is 4.07. The molecule has 28 heavy (non-hydrogen) atoms. The summed E-state index contributed by atoms with van der Waals surface area (Å²) in [5.41, 5.74) is 1.33. The van der Waals surface area contributed by atoms with Gasteiger partial charge in [0.05, 0.1) is 14.2 Å². The predicted octanol–water partition coefficient (Wildman–Crippen LogP) is 3.30. The number of rotatable bonds is 8. The van der Waals surface area contributed by atoms with Crippen molar-refractivity contribution in [3.8, 4) is 28.6 Å². The van der Waals surface area contributed by atoms with Crippen molar-refractivity contribution in [1.82, 2.24) is 19.7 Å². The molecule has 2 heterocycles. The zero-order valence-electron chi connectivity index (χ0n) is 15.7. The Morgan fingerprint density at radius 1 is 1.18 bits per heavy atom. The number of ether oxygens (including phenoxy) is 2. The molecular weight excluding hydrogens is 380 g/mol. The monoisotopic (exact) mass is 400 g/mol. The third kappa shape index (κ3) is 3.79. The molecule has 1 aromatic carbocycles. The van der Waals surface area contributed by atoms with Crippen LogP contribution < -0.4 is 9.47 Å². The minimum Gasteiger partial charge on any atom is -0.494 e. The van der Waals surface area contributed by atoms with Gasteiger partial charge in [-0.15, -0.1) is 10.2 Å². The van der Waals surface area contributed by atoms with Crippen LogP contribution in [0.1, 0.15) is 13.3 Å². The molecule has 0 fully saturated rings. The van der Waals surface area contributed by atoms with Crippen LogP contribution in [-0.4, -0.2) is 50.3 Å². The number of hydrogen-bond donors (Lipinski definition) is 1. The molecule has 8 nitrogen and oxygen atoms in total. The fraction of sp³-hybridized carbons (Fsp3) is 0.263. The molecule has 0 aliphatic heterocycles. The lowest BCUT2D eigenvalue weighted by Gasteiger charge is -2.18. The van der Waals surface area contributed by atoms with Crippen LogP contribution in [0.25, 0.3) is 17.1 Å². The largest absolute Gasteiger partial charge is 0.494 e. The predicted molar refractivity (Wildman–Crippen MR) is 105 cm³/mol. The summed E-state index contributed by atoms with van der Waals surface area (Å²) in [7, 11) is 3.12. The standard InChI is InChI=1S/C19H20N4O4S/c1-4-15(18(24)25)28-19-22-21-17(12-7-6-10-20-11-12)23(19)16-13(26-2)8-5-9-14(16)27-3/h5-11,15H,4H2,1-3H3,(H,24,25). The number of carboxylic acid groups (broad SMARTS) is 1. The molecule has 0 aliphatic carbocycles. The molecule has 0 saturated carbocycles. The van der Waals surface area contributed by atoms with E-state index in [-0.39, 0.29) is 0 Å². The smallest absolute Gasteiger partial charge is 0.317 e. The molecule has 1 atom stereocenters. The summed E-state index contributed by atoms with van der Waals surface area (Å²) in [5, 5.41) is 17.8. The Morgan fingerprint density at radius 3 is 2.43 bits per heavy atom. The van der Waals surface area contributed by atoms with E-state index < -0.39 is 11.2 Å². The fourth-order valence-electron chi connectivity index (χ4n) is 2.72. The van der Waals surface area contributed by atoms with Gasteiger partial charge in [0.15, 0.2) is 11.0 Å². The number of aromatic nitrogens is 4. The van der Waals surface area contributed by atoms with Crippen LogP contribution in [0, 0.1) is 0 Å². The average molecular weight is 400 g/mol. The van der Waals surface area contributed by atoms with Gasteiger partial charge in [-0.1, -0.05) is 24.8 Å². The summed E-state index contributed by atoms with van der Waals surface area (Å²) in [5.74, 6) is 0.708. The first-order chi connectivity index (χ1) is 13.6. The Hall–Kier alpha value is -3.07. The Kier molecular flexibility index (Phi) is 6.15. The van der Waals surface area contributed by atoms with Crippen molar-refractivity contribution >= 4 is 17.7 Å². The van der Waals surface area contributed by atoms with Gasteiger partial charge < -0.3 is 14.6 Å². The van der Waals surface area contributed by atoms with Crippen molar-refractivity contribution in [2.75, 3.05) is 14.2 Å². The first-order valence-electron chi connectivity index (χ1n) is 8.57. The molecule has 0 amide bonds. The first-order valence-corrected chi connectivity index (χ1v) is 9.45. The van der Waals surface area contributed by atoms with Gasteiger partial charge in [-0.05, 0) is 30.7 Å². The number of benzene rings is 1. The number of para-hydroxylation sites is 1. The van der Waals surface area contributed by atoms with E-state index in [1.54, 1.807) is 49.4 Å². The van der Waals surface area contributed by atoms with Gasteiger partial charge in [0, 0.05) is 18.0 Å². The second-order valence-corrected chi connectivity index (χ2v) is 6.92. The molecule has 146 valence electrons. The number of methoxy groups -OCH3 is 2. The van der Waals surface area contributed by atoms with Crippen molar-refractivity contribution in [1.29, 1.82) is 0 Å². The van der Waals surface area contributed by atoms with Crippen molar-refractivity contribution in [2.45, 2.75) is 23.8 Å². The minimum absolute atomic E-state index is 0.427. The van der Waals surface area contributed by atoms with Crippen LogP contribution >= 0.6 is 11.8 Å². The number of carboxylic acids is 1. The van der Waals surface area contributed by atoms with Crippen LogP contribution in [0.3, 0.4) is 0 Å². The van der Waals surface area contributed by atoms with Crippen LogP contribution in [0.4, 0.5) is 0 Å². The maximum absolute atomic E-state index is 11.6.